The van der Waals surface area contributed by atoms with Gasteiger partial charge in [-0.1, -0.05) is 12.1 Å². The maximum absolute atomic E-state index is 12.5. The summed E-state index contributed by atoms with van der Waals surface area (Å²) in [4.78, 5) is 23.5. The number of carbonyl (C=O) groups is 2. The van der Waals surface area contributed by atoms with Gasteiger partial charge in [-0.3, -0.25) is 4.79 Å². The van der Waals surface area contributed by atoms with Gasteiger partial charge in [-0.05, 0) is 51.8 Å². The summed E-state index contributed by atoms with van der Waals surface area (Å²) in [7, 11) is 3.07. The van der Waals surface area contributed by atoms with Gasteiger partial charge in [-0.15, -0.1) is 0 Å². The minimum absolute atomic E-state index is 0.338. The molecule has 0 aliphatic heterocycles. The molecular formula is C18H17BrNO5-. The number of carboxylic acids is 1. The summed E-state index contributed by atoms with van der Waals surface area (Å²) in [5.41, 5.74) is 1.02. The molecule has 7 heteroatoms. The molecule has 0 aromatic heterocycles. The summed E-state index contributed by atoms with van der Waals surface area (Å²) in [6.07, 6.45) is -0.338. The number of rotatable bonds is 7. The molecule has 2 aromatic carbocycles. The molecule has 1 unspecified atom stereocenters. The monoisotopic (exact) mass is 406 g/mol. The van der Waals surface area contributed by atoms with E-state index in [4.69, 9.17) is 9.47 Å². The van der Waals surface area contributed by atoms with E-state index in [0.717, 1.165) is 0 Å². The van der Waals surface area contributed by atoms with E-state index in [9.17, 15) is 14.7 Å². The lowest BCUT2D eigenvalue weighted by Crippen LogP contribution is -2.34. The molecule has 0 heterocycles. The molecule has 0 aliphatic rings. The van der Waals surface area contributed by atoms with Crippen molar-refractivity contribution in [3.63, 3.8) is 0 Å². The van der Waals surface area contributed by atoms with Crippen LogP contribution >= 0.6 is 15.9 Å². The molecule has 25 heavy (non-hydrogen) atoms. The van der Waals surface area contributed by atoms with Crippen LogP contribution < -0.4 is 19.9 Å². The van der Waals surface area contributed by atoms with Gasteiger partial charge >= 0.3 is 0 Å². The molecule has 1 N–H and O–H groups in total. The molecule has 0 aliphatic carbocycles. The Kier molecular flexibility index (Phi) is 6.41. The number of halogens is 1. The molecule has 2 aromatic rings. The second-order valence-corrected chi connectivity index (χ2v) is 6.08. The van der Waals surface area contributed by atoms with Crippen molar-refractivity contribution in [1.29, 1.82) is 0 Å². The first-order valence-corrected chi connectivity index (χ1v) is 8.22. The lowest BCUT2D eigenvalue weighted by molar-refractivity contribution is -0.306. The number of benzene rings is 2. The lowest BCUT2D eigenvalue weighted by Gasteiger charge is -2.20. The molecule has 0 radical (unpaired) electrons. The average molecular weight is 407 g/mol. The smallest absolute Gasteiger partial charge is 0.251 e. The van der Waals surface area contributed by atoms with Gasteiger partial charge < -0.3 is 24.7 Å². The third-order valence-electron chi connectivity index (χ3n) is 3.61. The summed E-state index contributed by atoms with van der Waals surface area (Å²) in [5, 5.41) is 13.8. The standard InChI is InChI=1S/C18H18BrNO5/c1-24-13-6-3-11(4-7-13)15(10-17(21)22)20-18(23)12-5-8-16(25-2)14(19)9-12/h3-9,15H,10H2,1-2H3,(H,20,23)(H,21,22)/p-1. The Morgan fingerprint density at radius 2 is 1.80 bits per heavy atom. The van der Waals surface area contributed by atoms with Crippen LogP contribution in [0.25, 0.3) is 0 Å². The second kappa shape index (κ2) is 8.53. The molecule has 0 spiro atoms. The van der Waals surface area contributed by atoms with E-state index in [0.29, 0.717) is 27.1 Å². The number of carbonyl (C=O) groups excluding carboxylic acids is 2. The largest absolute Gasteiger partial charge is 0.550 e. The number of carboxylic acid groups (broad SMARTS) is 1. The van der Waals surface area contributed by atoms with E-state index in [2.05, 4.69) is 21.2 Å². The summed E-state index contributed by atoms with van der Waals surface area (Å²) in [6, 6.07) is 11.0. The Hall–Kier alpha value is -2.54. The average Bonchev–Trinajstić information content (AvgIpc) is 2.60. The normalized spacial score (nSPS) is 11.5. The van der Waals surface area contributed by atoms with E-state index in [-0.39, 0.29) is 6.42 Å². The first-order chi connectivity index (χ1) is 11.9. The third kappa shape index (κ3) is 4.96. The fourth-order valence-corrected chi connectivity index (χ4v) is 2.84. The van der Waals surface area contributed by atoms with Gasteiger partial charge in [0.15, 0.2) is 0 Å². The summed E-state index contributed by atoms with van der Waals surface area (Å²) in [6.45, 7) is 0. The van der Waals surface area contributed by atoms with Crippen molar-refractivity contribution in [2.45, 2.75) is 12.5 Å². The molecule has 0 fully saturated rings. The predicted octanol–water partition coefficient (Wildman–Crippen LogP) is 2.08. The molecule has 0 saturated heterocycles. The Labute approximate surface area is 153 Å². The van der Waals surface area contributed by atoms with Gasteiger partial charge in [-0.25, -0.2) is 0 Å². The van der Waals surface area contributed by atoms with Crippen LogP contribution in [-0.4, -0.2) is 26.1 Å². The van der Waals surface area contributed by atoms with E-state index >= 15 is 0 Å². The zero-order valence-corrected chi connectivity index (χ0v) is 15.3. The van der Waals surface area contributed by atoms with Crippen molar-refractivity contribution in [3.05, 3.63) is 58.1 Å². The zero-order chi connectivity index (χ0) is 18.4. The quantitative estimate of drug-likeness (QED) is 0.760. The van der Waals surface area contributed by atoms with Crippen LogP contribution in [-0.2, 0) is 4.79 Å². The van der Waals surface area contributed by atoms with Crippen molar-refractivity contribution in [2.24, 2.45) is 0 Å². The number of nitrogens with one attached hydrogen (secondary N) is 1. The molecule has 6 nitrogen and oxygen atoms in total. The van der Waals surface area contributed by atoms with E-state index in [1.165, 1.54) is 14.2 Å². The van der Waals surface area contributed by atoms with Gasteiger partial charge in [0.25, 0.3) is 5.91 Å². The van der Waals surface area contributed by atoms with Crippen LogP contribution in [0.15, 0.2) is 46.9 Å². The van der Waals surface area contributed by atoms with Crippen LogP contribution in [0, 0.1) is 0 Å². The van der Waals surface area contributed by atoms with Crippen molar-refractivity contribution >= 4 is 27.8 Å². The molecule has 132 valence electrons. The van der Waals surface area contributed by atoms with Gasteiger partial charge in [0, 0.05) is 18.0 Å². The highest BCUT2D eigenvalue weighted by Crippen LogP contribution is 2.26. The lowest BCUT2D eigenvalue weighted by atomic mass is 10.0. The number of hydrogen-bond donors (Lipinski definition) is 1. The van der Waals surface area contributed by atoms with E-state index in [1.807, 2.05) is 0 Å². The highest BCUT2D eigenvalue weighted by molar-refractivity contribution is 9.10. The topological polar surface area (TPSA) is 87.7 Å². The van der Waals surface area contributed by atoms with Crippen LogP contribution in [0.4, 0.5) is 0 Å². The Bertz CT molecular complexity index is 761. The maximum Gasteiger partial charge on any atom is 0.251 e. The van der Waals surface area contributed by atoms with Crippen LogP contribution in [0.5, 0.6) is 11.5 Å². The van der Waals surface area contributed by atoms with Gasteiger partial charge in [0.2, 0.25) is 0 Å². The Morgan fingerprint density at radius 3 is 2.32 bits per heavy atom. The number of methoxy groups -OCH3 is 2. The number of aliphatic carboxylic acids is 1. The van der Waals surface area contributed by atoms with Crippen LogP contribution in [0.1, 0.15) is 28.4 Å². The van der Waals surface area contributed by atoms with Gasteiger partial charge in [0.05, 0.1) is 24.7 Å². The molecule has 1 amide bonds. The predicted molar refractivity (Wildman–Crippen MR) is 93.5 cm³/mol. The summed E-state index contributed by atoms with van der Waals surface area (Å²) >= 11 is 3.32. The molecule has 0 saturated carbocycles. The van der Waals surface area contributed by atoms with Crippen molar-refractivity contribution < 1.29 is 24.2 Å². The zero-order valence-electron chi connectivity index (χ0n) is 13.7. The summed E-state index contributed by atoms with van der Waals surface area (Å²) in [5.74, 6) is -0.415. The first-order valence-electron chi connectivity index (χ1n) is 7.42. The van der Waals surface area contributed by atoms with Crippen molar-refractivity contribution in [2.75, 3.05) is 14.2 Å². The second-order valence-electron chi connectivity index (χ2n) is 5.22. The van der Waals surface area contributed by atoms with E-state index < -0.39 is 17.9 Å². The van der Waals surface area contributed by atoms with E-state index in [1.54, 1.807) is 42.5 Å². The molecular weight excluding hydrogens is 390 g/mol. The number of ether oxygens (including phenoxy) is 2. The Morgan fingerprint density at radius 1 is 1.12 bits per heavy atom. The minimum Gasteiger partial charge on any atom is -0.550 e. The fourth-order valence-electron chi connectivity index (χ4n) is 2.30. The van der Waals surface area contributed by atoms with Crippen molar-refractivity contribution in [3.8, 4) is 11.5 Å². The fraction of sp³-hybridized carbons (Fsp3) is 0.222. The summed E-state index contributed by atoms with van der Waals surface area (Å²) < 4.78 is 10.8. The van der Waals surface area contributed by atoms with Crippen molar-refractivity contribution in [1.82, 2.24) is 5.32 Å². The number of hydrogen-bond acceptors (Lipinski definition) is 5. The molecule has 1 atom stereocenters. The molecule has 0 bridgehead atoms. The highest BCUT2D eigenvalue weighted by atomic mass is 79.9. The first kappa shape index (κ1) is 18.8. The van der Waals surface area contributed by atoms with Crippen LogP contribution in [0.2, 0.25) is 0 Å². The minimum atomic E-state index is -1.25. The maximum atomic E-state index is 12.5. The number of amides is 1. The third-order valence-corrected chi connectivity index (χ3v) is 4.23. The van der Waals surface area contributed by atoms with Crippen LogP contribution in [0.3, 0.4) is 0 Å². The highest BCUT2D eigenvalue weighted by Gasteiger charge is 2.17. The van der Waals surface area contributed by atoms with Gasteiger partial charge in [0.1, 0.15) is 11.5 Å². The SMILES string of the molecule is COc1ccc(C(CC(=O)[O-])NC(=O)c2ccc(OC)c(Br)c2)cc1. The Balaban J connectivity index is 2.21. The molecule has 2 rings (SSSR count). The van der Waals surface area contributed by atoms with Gasteiger partial charge in [-0.2, -0.15) is 0 Å².